The Morgan fingerprint density at radius 2 is 1.86 bits per heavy atom. The largest absolute Gasteiger partial charge is 0.390 e. The molecule has 1 amide bonds. The number of aliphatic imine (C=N–C) groups is 1. The van der Waals surface area contributed by atoms with Crippen LogP contribution in [0.4, 0.5) is 5.82 Å². The molecule has 1 saturated carbocycles. The molecule has 152 valence electrons. The Labute approximate surface area is 169 Å². The molecule has 6 nitrogen and oxygen atoms in total. The van der Waals surface area contributed by atoms with Gasteiger partial charge in [0, 0.05) is 24.8 Å². The van der Waals surface area contributed by atoms with Gasteiger partial charge in [0.2, 0.25) is 7.28 Å². The van der Waals surface area contributed by atoms with Crippen LogP contribution in [0.25, 0.3) is 0 Å². The smallest absolute Gasteiger partial charge is 0.253 e. The number of nitrogens with zero attached hydrogens (tertiary/aromatic N) is 3. The van der Waals surface area contributed by atoms with Gasteiger partial charge in [-0.15, -0.1) is 0 Å². The van der Waals surface area contributed by atoms with Crippen molar-refractivity contribution in [3.63, 3.8) is 0 Å². The van der Waals surface area contributed by atoms with Gasteiger partial charge in [-0.1, -0.05) is 0 Å². The first kappa shape index (κ1) is 20.8. The average molecular weight is 384 g/mol. The second-order valence-corrected chi connectivity index (χ2v) is 9.82. The molecule has 28 heavy (non-hydrogen) atoms. The van der Waals surface area contributed by atoms with Gasteiger partial charge in [0.15, 0.2) is 0 Å². The number of rotatable bonds is 3. The van der Waals surface area contributed by atoms with Gasteiger partial charge in [0.25, 0.3) is 5.91 Å². The Kier molecular flexibility index (Phi) is 5.59. The molecule has 1 fully saturated rings. The van der Waals surface area contributed by atoms with Crippen LogP contribution in [0.15, 0.2) is 17.3 Å². The maximum atomic E-state index is 12.7. The molecule has 1 aromatic heterocycles. The fourth-order valence-corrected chi connectivity index (χ4v) is 3.98. The highest BCUT2D eigenvalue weighted by Crippen LogP contribution is 2.32. The molecule has 1 aliphatic heterocycles. The summed E-state index contributed by atoms with van der Waals surface area (Å²) in [5, 5.41) is 13.3. The minimum atomic E-state index is -0.642. The van der Waals surface area contributed by atoms with Gasteiger partial charge in [-0.3, -0.25) is 4.79 Å². The summed E-state index contributed by atoms with van der Waals surface area (Å²) in [5.74, 6) is 0.950. The van der Waals surface area contributed by atoms with Crippen LogP contribution in [0.1, 0.15) is 70.7 Å². The normalized spacial score (nSPS) is 22.2. The SMILES string of the molecule is CN(C1=Nc2ncc(C(=O)NC3CCC(C(C)(C)O)CC3)cc2B1)C(C)(C)C. The Morgan fingerprint density at radius 3 is 2.43 bits per heavy atom. The number of fused-ring (bicyclic) bond motifs is 1. The zero-order valence-corrected chi connectivity index (χ0v) is 18.0. The standard InChI is InChI=1S/C21H33BN4O2/c1-20(2,3)26(6)19-22-16-11-13(12-23-17(16)25-19)18(27)24-15-9-7-14(8-10-15)21(4,5)28/h11-12,14-15,22,28H,7-10H2,1-6H3,(H,24,27). The van der Waals surface area contributed by atoms with Gasteiger partial charge in [-0.05, 0) is 77.7 Å². The zero-order chi connectivity index (χ0) is 20.7. The van der Waals surface area contributed by atoms with Gasteiger partial charge in [-0.25, -0.2) is 9.98 Å². The van der Waals surface area contributed by atoms with Gasteiger partial charge >= 0.3 is 0 Å². The Morgan fingerprint density at radius 1 is 1.21 bits per heavy atom. The van der Waals surface area contributed by atoms with Crippen molar-refractivity contribution in [1.29, 1.82) is 0 Å². The minimum absolute atomic E-state index is 0.0109. The van der Waals surface area contributed by atoms with Gasteiger partial charge < -0.3 is 15.3 Å². The van der Waals surface area contributed by atoms with Crippen molar-refractivity contribution in [3.05, 3.63) is 17.8 Å². The third kappa shape index (κ3) is 4.57. The van der Waals surface area contributed by atoms with Crippen LogP contribution < -0.4 is 10.8 Å². The van der Waals surface area contributed by atoms with Crippen molar-refractivity contribution >= 4 is 30.2 Å². The van der Waals surface area contributed by atoms with E-state index in [0.717, 1.165) is 36.9 Å². The number of aromatic nitrogens is 1. The zero-order valence-electron chi connectivity index (χ0n) is 18.0. The van der Waals surface area contributed by atoms with Crippen molar-refractivity contribution in [3.8, 4) is 0 Å². The van der Waals surface area contributed by atoms with E-state index in [9.17, 15) is 9.90 Å². The molecule has 0 unspecified atom stereocenters. The Bertz CT molecular complexity index is 772. The average Bonchev–Trinajstić information content (AvgIpc) is 3.02. The molecule has 0 atom stereocenters. The van der Waals surface area contributed by atoms with Gasteiger partial charge in [0.1, 0.15) is 5.82 Å². The van der Waals surface area contributed by atoms with Crippen molar-refractivity contribution < 1.29 is 9.90 Å². The van der Waals surface area contributed by atoms with Gasteiger partial charge in [-0.2, -0.15) is 0 Å². The van der Waals surface area contributed by atoms with Crippen molar-refractivity contribution in [2.24, 2.45) is 10.9 Å². The van der Waals surface area contributed by atoms with Crippen LogP contribution in [-0.2, 0) is 0 Å². The molecule has 1 aliphatic carbocycles. The summed E-state index contributed by atoms with van der Waals surface area (Å²) >= 11 is 0. The summed E-state index contributed by atoms with van der Waals surface area (Å²) < 4.78 is 0. The van der Waals surface area contributed by atoms with Crippen LogP contribution in [0.5, 0.6) is 0 Å². The Balaban J connectivity index is 1.60. The fourth-order valence-electron chi connectivity index (χ4n) is 3.98. The predicted molar refractivity (Wildman–Crippen MR) is 115 cm³/mol. The fraction of sp³-hybridized carbons (Fsp3) is 0.667. The molecule has 1 aromatic rings. The van der Waals surface area contributed by atoms with Crippen LogP contribution in [0.3, 0.4) is 0 Å². The first-order chi connectivity index (χ1) is 12.9. The lowest BCUT2D eigenvalue weighted by Crippen LogP contribution is -2.45. The molecule has 0 aromatic carbocycles. The second kappa shape index (κ2) is 7.50. The Hall–Kier alpha value is -1.89. The number of amides is 1. The van der Waals surface area contributed by atoms with E-state index in [1.807, 2.05) is 27.0 Å². The third-order valence-electron chi connectivity index (χ3n) is 6.24. The van der Waals surface area contributed by atoms with E-state index in [0.29, 0.717) is 24.6 Å². The summed E-state index contributed by atoms with van der Waals surface area (Å²) in [7, 11) is 2.75. The van der Waals surface area contributed by atoms with E-state index in [2.05, 4.69) is 41.0 Å². The minimum Gasteiger partial charge on any atom is -0.390 e. The maximum absolute atomic E-state index is 12.7. The highest BCUT2D eigenvalue weighted by atomic mass is 16.3. The van der Waals surface area contributed by atoms with Crippen molar-refractivity contribution in [2.45, 2.75) is 77.5 Å². The molecule has 0 saturated heterocycles. The first-order valence-electron chi connectivity index (χ1n) is 10.3. The van der Waals surface area contributed by atoms with Crippen LogP contribution in [-0.4, -0.2) is 58.1 Å². The van der Waals surface area contributed by atoms with Gasteiger partial charge in [0.05, 0.1) is 16.9 Å². The molecule has 2 heterocycles. The summed E-state index contributed by atoms with van der Waals surface area (Å²) in [6.07, 6.45) is 5.31. The molecule has 2 aliphatic rings. The molecular formula is C21H33BN4O2. The van der Waals surface area contributed by atoms with Crippen LogP contribution in [0.2, 0.25) is 0 Å². The lowest BCUT2D eigenvalue weighted by molar-refractivity contribution is -0.00257. The highest BCUT2D eigenvalue weighted by Gasteiger charge is 2.32. The number of carbonyl (C=O) groups is 1. The summed E-state index contributed by atoms with van der Waals surface area (Å²) in [4.78, 5) is 23.9. The van der Waals surface area contributed by atoms with Crippen LogP contribution >= 0.6 is 0 Å². The molecular weight excluding hydrogens is 351 g/mol. The second-order valence-electron chi connectivity index (χ2n) is 9.82. The number of amidine groups is 1. The molecule has 0 radical (unpaired) electrons. The summed E-state index contributed by atoms with van der Waals surface area (Å²) in [5.41, 5.74) is 1.93. The summed E-state index contributed by atoms with van der Waals surface area (Å²) in [6.45, 7) is 10.2. The van der Waals surface area contributed by atoms with E-state index in [1.54, 1.807) is 6.20 Å². The predicted octanol–water partition coefficient (Wildman–Crippen LogP) is 1.93. The van der Waals surface area contributed by atoms with Crippen molar-refractivity contribution in [2.75, 3.05) is 7.05 Å². The number of aliphatic hydroxyl groups is 1. The topological polar surface area (TPSA) is 77.8 Å². The molecule has 3 rings (SSSR count). The van der Waals surface area contributed by atoms with E-state index in [4.69, 9.17) is 0 Å². The molecule has 0 bridgehead atoms. The molecule has 2 N–H and O–H groups in total. The van der Waals surface area contributed by atoms with E-state index >= 15 is 0 Å². The number of pyridine rings is 1. The summed E-state index contributed by atoms with van der Waals surface area (Å²) in [6, 6.07) is 2.09. The number of carbonyl (C=O) groups excluding carboxylic acids is 1. The van der Waals surface area contributed by atoms with Crippen LogP contribution in [0, 0.1) is 5.92 Å². The number of hydrogen-bond acceptors (Lipinski definition) is 5. The highest BCUT2D eigenvalue weighted by molar-refractivity contribution is 6.87. The monoisotopic (exact) mass is 384 g/mol. The van der Waals surface area contributed by atoms with E-state index in [-0.39, 0.29) is 17.5 Å². The quantitative estimate of drug-likeness (QED) is 0.781. The van der Waals surface area contributed by atoms with Crippen molar-refractivity contribution in [1.82, 2.24) is 15.2 Å². The molecule has 0 spiro atoms. The third-order valence-corrected chi connectivity index (χ3v) is 6.24. The van der Waals surface area contributed by atoms with E-state index < -0.39 is 5.60 Å². The maximum Gasteiger partial charge on any atom is 0.253 e. The number of hydrogen-bond donors (Lipinski definition) is 2. The first-order valence-corrected chi connectivity index (χ1v) is 10.3. The van der Waals surface area contributed by atoms with E-state index in [1.165, 1.54) is 0 Å². The molecule has 7 heteroatoms. The number of nitrogens with one attached hydrogen (secondary N) is 1. The lowest BCUT2D eigenvalue weighted by atomic mass is 9.69. The lowest BCUT2D eigenvalue weighted by Gasteiger charge is -2.36.